The van der Waals surface area contributed by atoms with E-state index in [2.05, 4.69) is 0 Å². The number of rotatable bonds is 6. The van der Waals surface area contributed by atoms with Crippen LogP contribution in [0.1, 0.15) is 28.7 Å². The van der Waals surface area contributed by atoms with E-state index >= 15 is 0 Å². The summed E-state index contributed by atoms with van der Waals surface area (Å²) in [4.78, 5) is 10.7. The quantitative estimate of drug-likeness (QED) is 0.624. The fourth-order valence-corrected chi connectivity index (χ4v) is 2.55. The molecular formula is C18H15N3O5. The van der Waals surface area contributed by atoms with E-state index in [1.165, 1.54) is 44.6 Å². The molecule has 2 aromatic carbocycles. The van der Waals surface area contributed by atoms with E-state index in [1.807, 2.05) is 12.1 Å². The minimum absolute atomic E-state index is 0.0661. The smallest absolute Gasteiger partial charge is 0.279 e. The Hall–Kier alpha value is -3.62. The molecule has 0 aliphatic carbocycles. The Morgan fingerprint density at radius 3 is 2.15 bits per heavy atom. The van der Waals surface area contributed by atoms with Gasteiger partial charge in [0, 0.05) is 0 Å². The summed E-state index contributed by atoms with van der Waals surface area (Å²) in [6.45, 7) is 0. The number of benzene rings is 2. The number of aliphatic hydroxyl groups excluding tert-OH is 1. The maximum Gasteiger partial charge on any atom is 0.279 e. The lowest BCUT2D eigenvalue weighted by Crippen LogP contribution is -2.12. The molecule has 0 unspecified atom stereocenters. The highest BCUT2D eigenvalue weighted by Gasteiger charge is 2.31. The fourth-order valence-electron chi connectivity index (χ4n) is 2.55. The third kappa shape index (κ3) is 3.56. The lowest BCUT2D eigenvalue weighted by atomic mass is 9.89. The topological polar surface area (TPSA) is 129 Å². The van der Waals surface area contributed by atoms with Crippen molar-refractivity contribution in [3.8, 4) is 23.6 Å². The maximum atomic E-state index is 11.4. The fraction of sp³-hybridized carbons (Fsp3) is 0.222. The van der Waals surface area contributed by atoms with E-state index in [0.717, 1.165) is 6.07 Å². The van der Waals surface area contributed by atoms with Gasteiger partial charge in [-0.25, -0.2) is 0 Å². The zero-order valence-electron chi connectivity index (χ0n) is 14.0. The zero-order valence-corrected chi connectivity index (χ0v) is 14.0. The normalized spacial score (nSPS) is 12.3. The summed E-state index contributed by atoms with van der Waals surface area (Å²) in [5.41, 5.74) is 0.382. The van der Waals surface area contributed by atoms with Gasteiger partial charge >= 0.3 is 0 Å². The molecule has 0 aromatic heterocycles. The molecule has 0 fully saturated rings. The number of nitrogens with zero attached hydrogens (tertiary/aromatic N) is 3. The predicted molar refractivity (Wildman–Crippen MR) is 90.7 cm³/mol. The van der Waals surface area contributed by atoms with Crippen molar-refractivity contribution in [2.75, 3.05) is 14.2 Å². The third-order valence-electron chi connectivity index (χ3n) is 3.90. The first kappa shape index (κ1) is 18.7. The second-order valence-electron chi connectivity index (χ2n) is 5.31. The molecule has 0 saturated carbocycles. The molecule has 0 amide bonds. The van der Waals surface area contributed by atoms with Crippen molar-refractivity contribution in [2.45, 2.75) is 12.0 Å². The van der Waals surface area contributed by atoms with Crippen molar-refractivity contribution >= 4 is 5.69 Å². The standard InChI is InChI=1S/C18H15N3O5/c1-25-16-7-13(15(21(23)24)8-17(16)26-2)18(22)14(10-20)12-5-3-11(9-19)4-6-12/h3-8,14,18,22H,1-2H3/t14-,18+/m1/s1. The molecule has 0 bridgehead atoms. The van der Waals surface area contributed by atoms with Crippen LogP contribution in [0.15, 0.2) is 36.4 Å². The monoisotopic (exact) mass is 353 g/mol. The van der Waals surface area contributed by atoms with Crippen molar-refractivity contribution in [3.63, 3.8) is 0 Å². The van der Waals surface area contributed by atoms with Crippen LogP contribution >= 0.6 is 0 Å². The number of nitriles is 2. The minimum atomic E-state index is -1.48. The van der Waals surface area contributed by atoms with Crippen LogP contribution in [0.3, 0.4) is 0 Å². The molecule has 0 heterocycles. The molecule has 8 nitrogen and oxygen atoms in total. The summed E-state index contributed by atoms with van der Waals surface area (Å²) in [6.07, 6.45) is -1.48. The minimum Gasteiger partial charge on any atom is -0.493 e. The van der Waals surface area contributed by atoms with E-state index in [4.69, 9.17) is 14.7 Å². The molecule has 2 atom stereocenters. The van der Waals surface area contributed by atoms with Crippen molar-refractivity contribution in [3.05, 3.63) is 63.2 Å². The first-order valence-corrected chi connectivity index (χ1v) is 7.44. The number of nitro benzene ring substituents is 1. The Morgan fingerprint density at radius 2 is 1.69 bits per heavy atom. The summed E-state index contributed by atoms with van der Waals surface area (Å²) >= 11 is 0. The van der Waals surface area contributed by atoms with Gasteiger partial charge in [-0.05, 0) is 23.8 Å². The first-order valence-electron chi connectivity index (χ1n) is 7.44. The van der Waals surface area contributed by atoms with E-state index in [0.29, 0.717) is 11.1 Å². The van der Waals surface area contributed by atoms with E-state index in [1.54, 1.807) is 0 Å². The summed E-state index contributed by atoms with van der Waals surface area (Å²) in [7, 11) is 2.70. The Labute approximate surface area is 149 Å². The van der Waals surface area contributed by atoms with Gasteiger partial charge in [-0.2, -0.15) is 10.5 Å². The van der Waals surface area contributed by atoms with Gasteiger partial charge in [-0.1, -0.05) is 12.1 Å². The van der Waals surface area contributed by atoms with Gasteiger partial charge in [0.2, 0.25) is 0 Å². The lowest BCUT2D eigenvalue weighted by Gasteiger charge is -2.19. The number of hydrogen-bond donors (Lipinski definition) is 1. The van der Waals surface area contributed by atoms with Gasteiger partial charge in [0.1, 0.15) is 12.0 Å². The van der Waals surface area contributed by atoms with Crippen molar-refractivity contribution in [1.29, 1.82) is 10.5 Å². The highest BCUT2D eigenvalue weighted by Crippen LogP contribution is 2.41. The van der Waals surface area contributed by atoms with E-state index in [-0.39, 0.29) is 22.7 Å². The molecule has 0 spiro atoms. The molecule has 0 radical (unpaired) electrons. The molecule has 0 aliphatic heterocycles. The summed E-state index contributed by atoms with van der Waals surface area (Å²) in [5.74, 6) is -0.731. The van der Waals surface area contributed by atoms with Crippen LogP contribution in [-0.4, -0.2) is 24.2 Å². The first-order chi connectivity index (χ1) is 12.5. The Balaban J connectivity index is 2.55. The van der Waals surface area contributed by atoms with Crippen LogP contribution in [0.4, 0.5) is 5.69 Å². The van der Waals surface area contributed by atoms with Crippen LogP contribution in [0.25, 0.3) is 0 Å². The Kier molecular flexibility index (Phi) is 5.74. The van der Waals surface area contributed by atoms with Gasteiger partial charge in [0.05, 0.1) is 48.5 Å². The third-order valence-corrected chi connectivity index (χ3v) is 3.90. The van der Waals surface area contributed by atoms with Crippen molar-refractivity contribution in [2.24, 2.45) is 0 Å². The molecule has 0 aliphatic rings. The average Bonchev–Trinajstić information content (AvgIpc) is 2.67. The van der Waals surface area contributed by atoms with Gasteiger partial charge in [0.25, 0.3) is 5.69 Å². The molecule has 1 N–H and O–H groups in total. The molecule has 2 aromatic rings. The van der Waals surface area contributed by atoms with E-state index in [9.17, 15) is 20.5 Å². The number of aliphatic hydroxyl groups is 1. The number of nitro groups is 1. The van der Waals surface area contributed by atoms with E-state index < -0.39 is 16.9 Å². The largest absolute Gasteiger partial charge is 0.493 e. The SMILES string of the molecule is COc1cc([C@H](O)[C@H](C#N)c2ccc(C#N)cc2)c([N+](=O)[O-])cc1OC. The highest BCUT2D eigenvalue weighted by molar-refractivity contribution is 5.56. The van der Waals surface area contributed by atoms with Crippen LogP contribution in [-0.2, 0) is 0 Å². The molecule has 2 rings (SSSR count). The molecule has 132 valence electrons. The van der Waals surface area contributed by atoms with Crippen LogP contribution in [0, 0.1) is 32.8 Å². The number of ether oxygens (including phenoxy) is 2. The molecule has 26 heavy (non-hydrogen) atoms. The zero-order chi connectivity index (χ0) is 19.3. The summed E-state index contributed by atoms with van der Waals surface area (Å²) in [5, 5.41) is 40.4. The second kappa shape index (κ2) is 7.97. The molecule has 0 saturated heterocycles. The van der Waals surface area contributed by atoms with Gasteiger partial charge in [0.15, 0.2) is 11.5 Å². The predicted octanol–water partition coefficient (Wildman–Crippen LogP) is 2.82. The van der Waals surface area contributed by atoms with Gasteiger partial charge < -0.3 is 14.6 Å². The number of methoxy groups -OCH3 is 2. The second-order valence-corrected chi connectivity index (χ2v) is 5.31. The van der Waals surface area contributed by atoms with Crippen LogP contribution in [0.2, 0.25) is 0 Å². The van der Waals surface area contributed by atoms with Crippen LogP contribution < -0.4 is 9.47 Å². The summed E-state index contributed by atoms with van der Waals surface area (Å²) < 4.78 is 10.2. The average molecular weight is 353 g/mol. The van der Waals surface area contributed by atoms with Crippen molar-refractivity contribution in [1.82, 2.24) is 0 Å². The lowest BCUT2D eigenvalue weighted by molar-refractivity contribution is -0.386. The maximum absolute atomic E-state index is 11.4. The van der Waals surface area contributed by atoms with Crippen LogP contribution in [0.5, 0.6) is 11.5 Å². The Bertz CT molecular complexity index is 897. The Morgan fingerprint density at radius 1 is 1.12 bits per heavy atom. The van der Waals surface area contributed by atoms with Gasteiger partial charge in [-0.3, -0.25) is 10.1 Å². The molecular weight excluding hydrogens is 338 g/mol. The van der Waals surface area contributed by atoms with Crippen molar-refractivity contribution < 1.29 is 19.5 Å². The summed E-state index contributed by atoms with van der Waals surface area (Å²) in [6, 6.07) is 12.4. The highest BCUT2D eigenvalue weighted by atomic mass is 16.6. The molecule has 8 heteroatoms. The van der Waals surface area contributed by atoms with Gasteiger partial charge in [-0.15, -0.1) is 0 Å². The number of hydrogen-bond acceptors (Lipinski definition) is 7.